The molecule has 4 N–H and O–H groups in total. The van der Waals surface area contributed by atoms with Crippen LogP contribution in [0.5, 0.6) is 0 Å². The Morgan fingerprint density at radius 2 is 1.91 bits per heavy atom. The van der Waals surface area contributed by atoms with Gasteiger partial charge in [-0.3, -0.25) is 4.79 Å². The second-order valence-corrected chi connectivity index (χ2v) is 7.72. The number of carboxylic acid groups (broad SMARTS) is 1. The maximum Gasteiger partial charge on any atom is 0.303 e. The maximum absolute atomic E-state index is 14.2. The van der Waals surface area contributed by atoms with Gasteiger partial charge in [0.1, 0.15) is 0 Å². The molecule has 1 saturated heterocycles. The fourth-order valence-corrected chi connectivity index (χ4v) is 4.37. The lowest BCUT2D eigenvalue weighted by Crippen LogP contribution is -2.18. The second kappa shape index (κ2) is 10.6. The summed E-state index contributed by atoms with van der Waals surface area (Å²) in [4.78, 5) is 11.4. The fraction of sp³-hybridized carbons (Fsp3) is 0.360. The number of halogens is 2. The monoisotopic (exact) mass is 457 g/mol. The number of anilines is 1. The largest absolute Gasteiger partial charge is 0.481 e. The second-order valence-electron chi connectivity index (χ2n) is 7.72. The van der Waals surface area contributed by atoms with Crippen LogP contribution in [0.25, 0.3) is 16.6 Å². The average molecular weight is 458 g/mol. The van der Waals surface area contributed by atoms with Crippen LogP contribution < -0.4 is 5.73 Å². The van der Waals surface area contributed by atoms with Crippen molar-refractivity contribution in [3.8, 4) is 5.69 Å². The zero-order chi connectivity index (χ0) is 24.1. The summed E-state index contributed by atoms with van der Waals surface area (Å²) in [6, 6.07) is 7.20. The third-order valence-corrected chi connectivity index (χ3v) is 5.83. The molecule has 0 bridgehead atoms. The van der Waals surface area contributed by atoms with Crippen LogP contribution in [-0.2, 0) is 16.0 Å². The summed E-state index contributed by atoms with van der Waals surface area (Å²) in [7, 11) is 0. The number of fused-ring (bicyclic) bond motifs is 1. The Hall–Kier alpha value is -3.26. The van der Waals surface area contributed by atoms with Crippen molar-refractivity contribution in [1.82, 2.24) is 4.57 Å². The Bertz CT molecular complexity index is 1170. The first-order chi connectivity index (χ1) is 15.9. The Morgan fingerprint density at radius 1 is 1.21 bits per heavy atom. The number of carbonyl (C=O) groups is 1. The van der Waals surface area contributed by atoms with E-state index in [1.807, 2.05) is 18.4 Å². The molecule has 3 aromatic rings. The summed E-state index contributed by atoms with van der Waals surface area (Å²) in [5.41, 5.74) is 9.85. The minimum Gasteiger partial charge on any atom is -0.481 e. The topological polar surface area (TPSA) is 101 Å². The van der Waals surface area contributed by atoms with Crippen molar-refractivity contribution in [2.75, 3.05) is 18.9 Å². The predicted molar refractivity (Wildman–Crippen MR) is 126 cm³/mol. The van der Waals surface area contributed by atoms with Crippen LogP contribution in [0, 0.1) is 17.0 Å². The van der Waals surface area contributed by atoms with Crippen LogP contribution >= 0.6 is 0 Å². The maximum atomic E-state index is 14.2. The average Bonchev–Trinajstić information content (AvgIpc) is 3.13. The van der Waals surface area contributed by atoms with Crippen molar-refractivity contribution in [3.05, 3.63) is 58.8 Å². The van der Waals surface area contributed by atoms with E-state index in [4.69, 9.17) is 15.9 Å². The van der Waals surface area contributed by atoms with Gasteiger partial charge in [0, 0.05) is 65.9 Å². The van der Waals surface area contributed by atoms with Crippen LogP contribution in [0.1, 0.15) is 55.8 Å². The highest BCUT2D eigenvalue weighted by atomic mass is 19.2. The molecule has 2 heterocycles. The quantitative estimate of drug-likeness (QED) is 0.339. The van der Waals surface area contributed by atoms with Crippen molar-refractivity contribution in [2.45, 2.75) is 45.4 Å². The molecule has 0 atom stereocenters. The van der Waals surface area contributed by atoms with E-state index in [0.717, 1.165) is 47.8 Å². The number of rotatable bonds is 6. The number of nitrogens with one attached hydrogen (secondary N) is 1. The first kappa shape index (κ1) is 24.4. The molecule has 2 aromatic carbocycles. The summed E-state index contributed by atoms with van der Waals surface area (Å²) in [6.07, 6.45) is 2.81. The minimum atomic E-state index is -0.966. The van der Waals surface area contributed by atoms with Crippen molar-refractivity contribution in [3.63, 3.8) is 0 Å². The number of nitrogens with two attached hydrogens (primary N) is 1. The lowest BCUT2D eigenvalue weighted by atomic mass is 9.91. The van der Waals surface area contributed by atoms with E-state index >= 15 is 0 Å². The summed E-state index contributed by atoms with van der Waals surface area (Å²) < 4.78 is 35.2. The smallest absolute Gasteiger partial charge is 0.303 e. The molecule has 0 amide bonds. The lowest BCUT2D eigenvalue weighted by molar-refractivity contribution is -0.136. The summed E-state index contributed by atoms with van der Waals surface area (Å²) >= 11 is 0. The van der Waals surface area contributed by atoms with Crippen LogP contribution in [0.2, 0.25) is 0 Å². The van der Waals surface area contributed by atoms with Gasteiger partial charge in [0.2, 0.25) is 0 Å². The van der Waals surface area contributed by atoms with Crippen molar-refractivity contribution in [1.29, 1.82) is 5.41 Å². The molecule has 4 rings (SSSR count). The number of benzene rings is 2. The van der Waals surface area contributed by atoms with Gasteiger partial charge in [-0.2, -0.15) is 0 Å². The summed E-state index contributed by atoms with van der Waals surface area (Å²) in [5, 5.41) is 17.7. The SMILES string of the molecule is CC.N=Cc1cc2c(cc1N)c(CCC(=O)O)c(C1CCOCC1)n2-c1ccc(F)c(F)c1. The van der Waals surface area contributed by atoms with Gasteiger partial charge in [0.15, 0.2) is 11.6 Å². The lowest BCUT2D eigenvalue weighted by Gasteiger charge is -2.25. The van der Waals surface area contributed by atoms with Gasteiger partial charge in [0.25, 0.3) is 0 Å². The Kier molecular flexibility index (Phi) is 7.81. The van der Waals surface area contributed by atoms with Crippen molar-refractivity contribution < 1.29 is 23.4 Å². The third-order valence-electron chi connectivity index (χ3n) is 5.83. The zero-order valence-electron chi connectivity index (χ0n) is 18.8. The molecule has 0 aliphatic carbocycles. The van der Waals surface area contributed by atoms with Gasteiger partial charge in [-0.05, 0) is 49.1 Å². The molecule has 1 aliphatic rings. The number of hydrogen-bond acceptors (Lipinski definition) is 4. The fourth-order valence-electron chi connectivity index (χ4n) is 4.37. The molecule has 1 aromatic heterocycles. The van der Waals surface area contributed by atoms with Gasteiger partial charge in [-0.25, -0.2) is 8.78 Å². The van der Waals surface area contributed by atoms with E-state index < -0.39 is 17.6 Å². The van der Waals surface area contributed by atoms with Gasteiger partial charge >= 0.3 is 5.97 Å². The third kappa shape index (κ3) is 4.90. The van der Waals surface area contributed by atoms with Crippen LogP contribution in [0.4, 0.5) is 14.5 Å². The Morgan fingerprint density at radius 3 is 2.52 bits per heavy atom. The van der Waals surface area contributed by atoms with Gasteiger partial charge < -0.3 is 25.6 Å². The van der Waals surface area contributed by atoms with Crippen molar-refractivity contribution in [2.24, 2.45) is 0 Å². The normalized spacial score (nSPS) is 14.1. The molecular formula is C25H29F2N3O3. The van der Waals surface area contributed by atoms with Crippen LogP contribution in [-0.4, -0.2) is 35.1 Å². The summed E-state index contributed by atoms with van der Waals surface area (Å²) in [5.74, 6) is -2.77. The van der Waals surface area contributed by atoms with E-state index in [0.29, 0.717) is 35.7 Å². The van der Waals surface area contributed by atoms with Gasteiger partial charge in [-0.15, -0.1) is 0 Å². The highest BCUT2D eigenvalue weighted by Crippen LogP contribution is 2.40. The van der Waals surface area contributed by atoms with Gasteiger partial charge in [-0.1, -0.05) is 13.8 Å². The van der Waals surface area contributed by atoms with Gasteiger partial charge in [0.05, 0.1) is 5.52 Å². The molecule has 8 heteroatoms. The Balaban J connectivity index is 0.00000149. The number of nitrogen functional groups attached to an aromatic ring is 1. The molecule has 6 nitrogen and oxygen atoms in total. The molecule has 1 fully saturated rings. The molecule has 0 spiro atoms. The first-order valence-electron chi connectivity index (χ1n) is 11.1. The highest BCUT2D eigenvalue weighted by Gasteiger charge is 2.28. The predicted octanol–water partition coefficient (Wildman–Crippen LogP) is 5.43. The number of aliphatic carboxylic acids is 1. The Labute approximate surface area is 191 Å². The minimum absolute atomic E-state index is 0.0581. The van der Waals surface area contributed by atoms with E-state index in [1.54, 1.807) is 12.1 Å². The molecule has 176 valence electrons. The molecule has 0 radical (unpaired) electrons. The number of aromatic nitrogens is 1. The molecule has 1 aliphatic heterocycles. The van der Waals surface area contributed by atoms with Crippen molar-refractivity contribution >= 4 is 28.8 Å². The standard InChI is InChI=1S/C23H23F2N3O3.C2H6/c24-18-3-1-15(10-19(18)25)28-21-9-14(12-26)20(27)11-17(21)16(2-4-22(29)30)23(28)13-5-7-31-8-6-13;1-2/h1,3,9-13,26H,2,4-8,27H2,(H,29,30);1-2H3. The van der Waals surface area contributed by atoms with E-state index in [9.17, 15) is 18.7 Å². The summed E-state index contributed by atoms with van der Waals surface area (Å²) in [6.45, 7) is 5.13. The number of hydrogen-bond donors (Lipinski definition) is 3. The van der Waals surface area contributed by atoms with Crippen LogP contribution in [0.15, 0.2) is 30.3 Å². The molecule has 0 saturated carbocycles. The first-order valence-corrected chi connectivity index (χ1v) is 11.1. The van der Waals surface area contributed by atoms with E-state index in [-0.39, 0.29) is 18.8 Å². The number of carboxylic acids is 1. The van der Waals surface area contributed by atoms with Crippen LogP contribution in [0.3, 0.4) is 0 Å². The number of ether oxygens (including phenoxy) is 1. The number of aryl methyl sites for hydroxylation is 1. The van der Waals surface area contributed by atoms with E-state index in [1.165, 1.54) is 6.07 Å². The zero-order valence-corrected chi connectivity index (χ0v) is 18.8. The number of nitrogens with zero attached hydrogens (tertiary/aromatic N) is 1. The van der Waals surface area contributed by atoms with E-state index in [2.05, 4.69) is 0 Å². The molecule has 33 heavy (non-hydrogen) atoms. The highest BCUT2D eigenvalue weighted by molar-refractivity contribution is 5.98. The molecule has 0 unspecified atom stereocenters. The molecular weight excluding hydrogens is 428 g/mol.